The summed E-state index contributed by atoms with van der Waals surface area (Å²) in [5.74, 6) is -0.439. The summed E-state index contributed by atoms with van der Waals surface area (Å²) in [6, 6.07) is 4.80. The lowest BCUT2D eigenvalue weighted by Crippen LogP contribution is -2.32. The molecule has 1 aromatic carbocycles. The van der Waals surface area contributed by atoms with Gasteiger partial charge in [0.05, 0.1) is 22.9 Å². The second-order valence-corrected chi connectivity index (χ2v) is 4.96. The van der Waals surface area contributed by atoms with E-state index in [0.29, 0.717) is 5.69 Å². The van der Waals surface area contributed by atoms with Crippen LogP contribution in [0, 0.1) is 5.82 Å². The minimum Gasteiger partial charge on any atom is -0.391 e. The fraction of sp³-hybridized carbons (Fsp3) is 0.538. The van der Waals surface area contributed by atoms with Crippen molar-refractivity contribution in [2.75, 3.05) is 5.32 Å². The molecule has 2 N–H and O–H groups in total. The quantitative estimate of drug-likeness (QED) is 0.794. The molecule has 2 unspecified atom stereocenters. The molecule has 94 valence electrons. The van der Waals surface area contributed by atoms with E-state index in [9.17, 15) is 9.50 Å². The molecule has 0 aromatic heterocycles. The van der Waals surface area contributed by atoms with Crippen molar-refractivity contribution in [1.82, 2.24) is 0 Å². The minimum atomic E-state index is -0.439. The first-order valence-electron chi connectivity index (χ1n) is 6.07. The number of benzene rings is 1. The number of aliphatic hydroxyl groups excluding tert-OH is 1. The summed E-state index contributed by atoms with van der Waals surface area (Å²) < 4.78 is 13.7. The molecule has 0 saturated heterocycles. The molecular weight excluding hydrogens is 241 g/mol. The first kappa shape index (κ1) is 12.7. The van der Waals surface area contributed by atoms with Gasteiger partial charge in [-0.25, -0.2) is 4.39 Å². The van der Waals surface area contributed by atoms with Gasteiger partial charge in [0.1, 0.15) is 0 Å². The summed E-state index contributed by atoms with van der Waals surface area (Å²) in [5, 5.41) is 13.1. The van der Waals surface area contributed by atoms with Crippen LogP contribution in [-0.2, 0) is 0 Å². The van der Waals surface area contributed by atoms with Crippen LogP contribution in [0.15, 0.2) is 18.2 Å². The third kappa shape index (κ3) is 3.11. The van der Waals surface area contributed by atoms with E-state index in [1.165, 1.54) is 6.07 Å². The minimum absolute atomic E-state index is 0.0783. The van der Waals surface area contributed by atoms with Gasteiger partial charge in [0, 0.05) is 0 Å². The van der Waals surface area contributed by atoms with E-state index < -0.39 is 11.9 Å². The Morgan fingerprint density at radius 3 is 2.82 bits per heavy atom. The zero-order valence-electron chi connectivity index (χ0n) is 9.63. The van der Waals surface area contributed by atoms with Crippen LogP contribution in [0.25, 0.3) is 0 Å². The van der Waals surface area contributed by atoms with Crippen molar-refractivity contribution in [2.45, 2.75) is 44.2 Å². The van der Waals surface area contributed by atoms with Gasteiger partial charge in [-0.2, -0.15) is 0 Å². The maximum Gasteiger partial charge on any atom is 0.164 e. The number of hydrogen-bond donors (Lipinski definition) is 2. The Balaban J connectivity index is 2.10. The van der Waals surface area contributed by atoms with Crippen LogP contribution in [0.5, 0.6) is 0 Å². The van der Waals surface area contributed by atoms with E-state index in [2.05, 4.69) is 5.32 Å². The van der Waals surface area contributed by atoms with E-state index in [0.717, 1.165) is 32.1 Å². The molecule has 2 atom stereocenters. The van der Waals surface area contributed by atoms with Crippen LogP contribution in [-0.4, -0.2) is 17.3 Å². The van der Waals surface area contributed by atoms with E-state index in [1.54, 1.807) is 12.1 Å². The van der Waals surface area contributed by atoms with Gasteiger partial charge in [-0.15, -0.1) is 0 Å². The van der Waals surface area contributed by atoms with Gasteiger partial charge in [0.15, 0.2) is 5.82 Å². The lowest BCUT2D eigenvalue weighted by atomic mass is 10.1. The van der Waals surface area contributed by atoms with Crippen molar-refractivity contribution >= 4 is 17.3 Å². The van der Waals surface area contributed by atoms with Crippen LogP contribution in [0.3, 0.4) is 0 Å². The summed E-state index contributed by atoms with van der Waals surface area (Å²) in [4.78, 5) is 0. The topological polar surface area (TPSA) is 32.3 Å². The molecule has 0 radical (unpaired) electrons. The molecule has 2 rings (SSSR count). The van der Waals surface area contributed by atoms with Crippen LogP contribution in [0.1, 0.15) is 32.1 Å². The Kier molecular flexibility index (Phi) is 4.24. The lowest BCUT2D eigenvalue weighted by molar-refractivity contribution is 0.144. The van der Waals surface area contributed by atoms with Crippen molar-refractivity contribution in [3.8, 4) is 0 Å². The SMILES string of the molecule is OC1CCCCCC1Nc1cccc(Cl)c1F. The molecule has 1 aliphatic rings. The van der Waals surface area contributed by atoms with Crippen LogP contribution >= 0.6 is 11.6 Å². The standard InChI is InChI=1S/C13H17ClFNO/c14-9-5-4-7-11(13(9)15)16-10-6-2-1-3-8-12(10)17/h4-5,7,10,12,16-17H,1-3,6,8H2. The number of aliphatic hydroxyl groups is 1. The molecule has 0 amide bonds. The molecule has 0 spiro atoms. The highest BCUT2D eigenvalue weighted by Crippen LogP contribution is 2.26. The van der Waals surface area contributed by atoms with Crippen molar-refractivity contribution in [3.05, 3.63) is 29.0 Å². The van der Waals surface area contributed by atoms with Gasteiger partial charge < -0.3 is 10.4 Å². The zero-order chi connectivity index (χ0) is 12.3. The fourth-order valence-corrected chi connectivity index (χ4v) is 2.45. The normalized spacial score (nSPS) is 25.4. The predicted octanol–water partition coefficient (Wildman–Crippen LogP) is 3.58. The highest BCUT2D eigenvalue weighted by Gasteiger charge is 2.22. The Bertz CT molecular complexity index is 386. The van der Waals surface area contributed by atoms with Gasteiger partial charge in [-0.05, 0) is 25.0 Å². The van der Waals surface area contributed by atoms with Gasteiger partial charge >= 0.3 is 0 Å². The van der Waals surface area contributed by atoms with Crippen molar-refractivity contribution in [3.63, 3.8) is 0 Å². The molecule has 17 heavy (non-hydrogen) atoms. The third-order valence-corrected chi connectivity index (χ3v) is 3.56. The summed E-state index contributed by atoms with van der Waals surface area (Å²) in [7, 11) is 0. The highest BCUT2D eigenvalue weighted by molar-refractivity contribution is 6.31. The second-order valence-electron chi connectivity index (χ2n) is 4.56. The van der Waals surface area contributed by atoms with Crippen molar-refractivity contribution < 1.29 is 9.50 Å². The summed E-state index contributed by atoms with van der Waals surface area (Å²) in [6.45, 7) is 0. The van der Waals surface area contributed by atoms with Crippen LogP contribution in [0.4, 0.5) is 10.1 Å². The fourth-order valence-electron chi connectivity index (χ4n) is 2.27. The molecule has 1 aliphatic carbocycles. The Morgan fingerprint density at radius 1 is 1.24 bits per heavy atom. The largest absolute Gasteiger partial charge is 0.391 e. The molecule has 1 fully saturated rings. The van der Waals surface area contributed by atoms with Crippen molar-refractivity contribution in [1.29, 1.82) is 0 Å². The smallest absolute Gasteiger partial charge is 0.164 e. The first-order chi connectivity index (χ1) is 8.18. The molecule has 1 saturated carbocycles. The highest BCUT2D eigenvalue weighted by atomic mass is 35.5. The first-order valence-corrected chi connectivity index (χ1v) is 6.45. The van der Waals surface area contributed by atoms with E-state index >= 15 is 0 Å². The molecule has 1 aromatic rings. The van der Waals surface area contributed by atoms with Gasteiger partial charge in [-0.1, -0.05) is 36.9 Å². The summed E-state index contributed by atoms with van der Waals surface area (Å²) in [5.41, 5.74) is 0.378. The third-order valence-electron chi connectivity index (χ3n) is 3.27. The molecule has 0 heterocycles. The summed E-state index contributed by atoms with van der Waals surface area (Å²) >= 11 is 5.72. The average molecular weight is 258 g/mol. The van der Waals surface area contributed by atoms with Crippen LogP contribution < -0.4 is 5.32 Å². The number of hydrogen-bond acceptors (Lipinski definition) is 2. The Labute approximate surface area is 106 Å². The van der Waals surface area contributed by atoms with Crippen molar-refractivity contribution in [2.24, 2.45) is 0 Å². The number of rotatable bonds is 2. The zero-order valence-corrected chi connectivity index (χ0v) is 10.4. The maximum absolute atomic E-state index is 13.7. The molecule has 4 heteroatoms. The van der Waals surface area contributed by atoms with E-state index in [-0.39, 0.29) is 11.1 Å². The maximum atomic E-state index is 13.7. The molecular formula is C13H17ClFNO. The van der Waals surface area contributed by atoms with Crippen LogP contribution in [0.2, 0.25) is 5.02 Å². The van der Waals surface area contributed by atoms with Gasteiger partial charge in [0.25, 0.3) is 0 Å². The second kappa shape index (κ2) is 5.69. The predicted molar refractivity (Wildman–Crippen MR) is 67.9 cm³/mol. The molecule has 0 bridgehead atoms. The lowest BCUT2D eigenvalue weighted by Gasteiger charge is -2.23. The monoisotopic (exact) mass is 257 g/mol. The number of anilines is 1. The average Bonchev–Trinajstić information content (AvgIpc) is 2.51. The Morgan fingerprint density at radius 2 is 2.00 bits per heavy atom. The van der Waals surface area contributed by atoms with E-state index in [1.807, 2.05) is 0 Å². The number of halogens is 2. The van der Waals surface area contributed by atoms with Gasteiger partial charge in [-0.3, -0.25) is 0 Å². The van der Waals surface area contributed by atoms with Gasteiger partial charge in [0.2, 0.25) is 0 Å². The molecule has 0 aliphatic heterocycles. The summed E-state index contributed by atoms with van der Waals surface area (Å²) in [6.07, 6.45) is 4.48. The Hall–Kier alpha value is -0.800. The van der Waals surface area contributed by atoms with E-state index in [4.69, 9.17) is 11.6 Å². The molecule has 2 nitrogen and oxygen atoms in total. The number of nitrogens with one attached hydrogen (secondary N) is 1.